The Balaban J connectivity index is 1.31. The van der Waals surface area contributed by atoms with E-state index in [0.29, 0.717) is 16.8 Å². The third-order valence-corrected chi connectivity index (χ3v) is 9.20. The van der Waals surface area contributed by atoms with Crippen LogP contribution in [0, 0.1) is 5.92 Å². The third kappa shape index (κ3) is 6.73. The maximum atomic E-state index is 14.1. The maximum absolute atomic E-state index is 14.1. The van der Waals surface area contributed by atoms with Crippen molar-refractivity contribution in [2.45, 2.75) is 31.3 Å². The van der Waals surface area contributed by atoms with Gasteiger partial charge in [-0.1, -0.05) is 30.3 Å². The van der Waals surface area contributed by atoms with Crippen LogP contribution in [-0.4, -0.2) is 93.4 Å². The summed E-state index contributed by atoms with van der Waals surface area (Å²) in [5, 5.41) is 25.1. The van der Waals surface area contributed by atoms with Crippen molar-refractivity contribution in [2.75, 3.05) is 32.0 Å². The monoisotopic (exact) mass is 637 g/mol. The maximum Gasteiger partial charge on any atom is 0.335 e. The van der Waals surface area contributed by atoms with Crippen molar-refractivity contribution in [2.24, 2.45) is 5.92 Å². The lowest BCUT2D eigenvalue weighted by Gasteiger charge is -2.48. The van der Waals surface area contributed by atoms with E-state index in [0.717, 1.165) is 56.2 Å². The first-order chi connectivity index (χ1) is 22.6. The van der Waals surface area contributed by atoms with Gasteiger partial charge in [-0.15, -0.1) is 0 Å². The molecule has 3 amide bonds. The second kappa shape index (κ2) is 13.1. The summed E-state index contributed by atoms with van der Waals surface area (Å²) < 4.78 is 0. The molecule has 2 bridgehead atoms. The molecule has 0 radical (unpaired) electrons. The molecule has 242 valence electrons. The Labute approximate surface area is 270 Å². The molecule has 3 saturated heterocycles. The number of aromatic carboxylic acids is 2. The van der Waals surface area contributed by atoms with Crippen molar-refractivity contribution >= 4 is 46.3 Å². The number of carbonyl (C=O) groups is 5. The quantitative estimate of drug-likeness (QED) is 0.175. The van der Waals surface area contributed by atoms with Gasteiger partial charge in [-0.05, 0) is 73.8 Å². The first-order valence-corrected chi connectivity index (χ1v) is 15.5. The minimum absolute atomic E-state index is 0.0223. The smallest absolute Gasteiger partial charge is 0.335 e. The molecule has 12 heteroatoms. The van der Waals surface area contributed by atoms with E-state index in [1.807, 2.05) is 6.07 Å². The zero-order chi connectivity index (χ0) is 33.2. The number of nitrogens with one attached hydrogen (secondary N) is 3. The molecule has 1 unspecified atom stereocenters. The number of fused-ring (bicyclic) bond motifs is 4. The average molecular weight is 638 g/mol. The molecule has 0 spiro atoms. The van der Waals surface area contributed by atoms with Gasteiger partial charge in [0.05, 0.1) is 22.3 Å². The molecule has 3 fully saturated rings. The van der Waals surface area contributed by atoms with Gasteiger partial charge in [-0.3, -0.25) is 14.4 Å². The predicted molar refractivity (Wildman–Crippen MR) is 174 cm³/mol. The number of rotatable bonds is 10. The van der Waals surface area contributed by atoms with Crippen LogP contribution in [-0.2, 0) is 11.2 Å². The van der Waals surface area contributed by atoms with Crippen LogP contribution in [0.2, 0.25) is 0 Å². The molecule has 2 atom stereocenters. The van der Waals surface area contributed by atoms with E-state index in [-0.39, 0.29) is 46.3 Å². The van der Waals surface area contributed by atoms with Crippen molar-refractivity contribution in [3.8, 4) is 0 Å². The second-order valence-corrected chi connectivity index (χ2v) is 12.2. The van der Waals surface area contributed by atoms with Crippen LogP contribution in [0.4, 0.5) is 5.69 Å². The van der Waals surface area contributed by atoms with Crippen molar-refractivity contribution in [3.05, 3.63) is 101 Å². The lowest BCUT2D eigenvalue weighted by molar-refractivity contribution is -0.118. The number of likely N-dealkylation sites (N-methyl/N-ethyl adjacent to an activating group) is 1. The van der Waals surface area contributed by atoms with Crippen LogP contribution in [0.1, 0.15) is 59.8 Å². The number of H-pyrrole nitrogens is 1. The van der Waals surface area contributed by atoms with E-state index < -0.39 is 29.8 Å². The molecule has 47 heavy (non-hydrogen) atoms. The normalized spacial score (nSPS) is 19.1. The van der Waals surface area contributed by atoms with Gasteiger partial charge in [0, 0.05) is 48.8 Å². The van der Waals surface area contributed by atoms with Crippen molar-refractivity contribution in [1.82, 2.24) is 20.1 Å². The number of aromatic amines is 1. The highest BCUT2D eigenvalue weighted by Gasteiger charge is 2.39. The highest BCUT2D eigenvalue weighted by atomic mass is 16.4. The summed E-state index contributed by atoms with van der Waals surface area (Å²) in [6.45, 7) is 2.83. The van der Waals surface area contributed by atoms with E-state index in [4.69, 9.17) is 0 Å². The largest absolute Gasteiger partial charge is 0.478 e. The lowest BCUT2D eigenvalue weighted by Crippen LogP contribution is -2.57. The summed E-state index contributed by atoms with van der Waals surface area (Å²) in [6, 6.07) is 16.2. The second-order valence-electron chi connectivity index (χ2n) is 12.2. The van der Waals surface area contributed by atoms with Crippen LogP contribution in [0.15, 0.2) is 72.9 Å². The Morgan fingerprint density at radius 3 is 2.21 bits per heavy atom. The molecular formula is C35H35N5O7. The predicted octanol–water partition coefficient (Wildman–Crippen LogP) is 3.71. The summed E-state index contributed by atoms with van der Waals surface area (Å²) >= 11 is 0. The number of benzene rings is 3. The summed E-state index contributed by atoms with van der Waals surface area (Å²) in [5.41, 5.74) is 1.05. The standard InChI is InChI=1S/C35H35N5O7/c1-39(30-19-40-11-8-21(30)9-12-40)33(43)27-18-28-22(7-10-36-28)17-26(27)31(41)38-29(13-20-5-3-2-4-6-20)32(42)37-25-15-23(34(44)45)14-24(16-25)35(46)47/h2-7,10,14-18,21,29-30,36H,8-9,11-13,19H2,1H3,(H,37,42)(H,38,41)(H,44,45)(H,46,47)/t29-,30?/m0/s1. The Morgan fingerprint density at radius 1 is 0.915 bits per heavy atom. The summed E-state index contributed by atoms with van der Waals surface area (Å²) in [5.74, 6) is -3.96. The molecule has 4 heterocycles. The zero-order valence-electron chi connectivity index (χ0n) is 25.7. The van der Waals surface area contributed by atoms with Gasteiger partial charge in [0.15, 0.2) is 0 Å². The number of aromatic nitrogens is 1. The van der Waals surface area contributed by atoms with Crippen LogP contribution >= 0.6 is 0 Å². The number of amides is 3. The first kappa shape index (κ1) is 31.5. The molecule has 3 aliphatic heterocycles. The number of piperidine rings is 3. The van der Waals surface area contributed by atoms with Crippen LogP contribution in [0.3, 0.4) is 0 Å². The summed E-state index contributed by atoms with van der Waals surface area (Å²) in [4.78, 5) is 72.3. The Hall–Kier alpha value is -5.49. The fraction of sp³-hybridized carbons (Fsp3) is 0.286. The number of hydrogen-bond acceptors (Lipinski definition) is 6. The third-order valence-electron chi connectivity index (χ3n) is 9.20. The number of carbonyl (C=O) groups excluding carboxylic acids is 3. The highest BCUT2D eigenvalue weighted by molar-refractivity contribution is 6.11. The Morgan fingerprint density at radius 2 is 1.60 bits per heavy atom. The van der Waals surface area contributed by atoms with E-state index in [1.165, 1.54) is 0 Å². The first-order valence-electron chi connectivity index (χ1n) is 15.5. The van der Waals surface area contributed by atoms with Crippen LogP contribution in [0.5, 0.6) is 0 Å². The molecule has 1 aromatic heterocycles. The SMILES string of the molecule is CN(C(=O)c1cc2[nH]ccc2cc1C(=O)N[C@@H](Cc1ccccc1)C(=O)Nc1cc(C(=O)O)cc(C(=O)O)c1)C1CN2CCC1CC2. The molecule has 0 aliphatic carbocycles. The van der Waals surface area contributed by atoms with Crippen LogP contribution in [0.25, 0.3) is 10.9 Å². The van der Waals surface area contributed by atoms with E-state index >= 15 is 0 Å². The van der Waals surface area contributed by atoms with E-state index in [9.17, 15) is 34.2 Å². The molecule has 5 N–H and O–H groups in total. The van der Waals surface area contributed by atoms with Crippen LogP contribution < -0.4 is 10.6 Å². The van der Waals surface area contributed by atoms with E-state index in [1.54, 1.807) is 60.6 Å². The van der Waals surface area contributed by atoms with Gasteiger partial charge in [0.1, 0.15) is 6.04 Å². The molecule has 0 saturated carbocycles. The zero-order valence-corrected chi connectivity index (χ0v) is 25.7. The molecule has 4 aromatic rings. The fourth-order valence-corrected chi connectivity index (χ4v) is 6.65. The molecule has 12 nitrogen and oxygen atoms in total. The van der Waals surface area contributed by atoms with E-state index in [2.05, 4.69) is 20.5 Å². The van der Waals surface area contributed by atoms with Crippen molar-refractivity contribution < 1.29 is 34.2 Å². The molecule has 3 aliphatic rings. The summed E-state index contributed by atoms with van der Waals surface area (Å²) in [6.07, 6.45) is 3.83. The average Bonchev–Trinajstić information content (AvgIpc) is 3.55. The number of carboxylic acids is 2. The number of anilines is 1. The fourth-order valence-electron chi connectivity index (χ4n) is 6.65. The summed E-state index contributed by atoms with van der Waals surface area (Å²) in [7, 11) is 1.78. The van der Waals surface area contributed by atoms with Gasteiger partial charge >= 0.3 is 11.9 Å². The van der Waals surface area contributed by atoms with Crippen molar-refractivity contribution in [1.29, 1.82) is 0 Å². The number of nitrogens with zero attached hydrogens (tertiary/aromatic N) is 2. The molecule has 7 rings (SSSR count). The minimum Gasteiger partial charge on any atom is -0.478 e. The molecular weight excluding hydrogens is 602 g/mol. The number of hydrogen-bond donors (Lipinski definition) is 5. The molecule has 3 aromatic carbocycles. The van der Waals surface area contributed by atoms with Gasteiger partial charge in [-0.2, -0.15) is 0 Å². The topological polar surface area (TPSA) is 172 Å². The minimum atomic E-state index is -1.36. The van der Waals surface area contributed by atoms with Gasteiger partial charge in [-0.25, -0.2) is 9.59 Å². The van der Waals surface area contributed by atoms with Gasteiger partial charge in [0.2, 0.25) is 5.91 Å². The lowest BCUT2D eigenvalue weighted by atomic mass is 9.83. The van der Waals surface area contributed by atoms with Gasteiger partial charge < -0.3 is 35.6 Å². The highest BCUT2D eigenvalue weighted by Crippen LogP contribution is 2.32. The Kier molecular flexibility index (Phi) is 8.77. The number of carboxylic acid groups (broad SMARTS) is 2. The Bertz CT molecular complexity index is 1830. The van der Waals surface area contributed by atoms with Gasteiger partial charge in [0.25, 0.3) is 11.8 Å². The van der Waals surface area contributed by atoms with Crippen molar-refractivity contribution in [3.63, 3.8) is 0 Å².